The molecule has 0 spiro atoms. The molecule has 4 aromatic carbocycles. The van der Waals surface area contributed by atoms with Crippen molar-refractivity contribution in [2.45, 2.75) is 0 Å². The number of nitrogens with zero attached hydrogens (tertiary/aromatic N) is 2. The van der Waals surface area contributed by atoms with Crippen molar-refractivity contribution in [2.24, 2.45) is 0 Å². The van der Waals surface area contributed by atoms with Crippen molar-refractivity contribution in [1.29, 1.82) is 5.26 Å². The third-order valence-corrected chi connectivity index (χ3v) is 4.29. The molecular formula is C24H15ClN2O4PtS-2. The van der Waals surface area contributed by atoms with Crippen LogP contribution in [0.15, 0.2) is 91.1 Å². The zero-order valence-electron chi connectivity index (χ0n) is 16.8. The number of fused-ring (bicyclic) bond motifs is 4. The molecule has 5 aromatic rings. The van der Waals surface area contributed by atoms with Crippen molar-refractivity contribution >= 4 is 42.3 Å². The molecule has 0 unspecified atom stereocenters. The molecule has 33 heavy (non-hydrogen) atoms. The molecule has 170 valence electrons. The minimum absolute atomic E-state index is 0.716. The molecule has 5 rings (SSSR count). The molecule has 0 aliphatic carbocycles. The monoisotopic (exact) mass is 657 g/mol. The first-order valence-electron chi connectivity index (χ1n) is 9.13. The second-order valence-corrected chi connectivity index (χ2v) is 7.08. The normalized spacial score (nSPS) is 10.1. The fourth-order valence-electron chi connectivity index (χ4n) is 2.99. The Hall–Kier alpha value is -2.66. The van der Waals surface area contributed by atoms with Gasteiger partial charge in [-0.1, -0.05) is 48.5 Å². The summed E-state index contributed by atoms with van der Waals surface area (Å²) in [6.07, 6.45) is 1.82. The van der Waals surface area contributed by atoms with Gasteiger partial charge in [0.25, 0.3) is 0 Å². The number of aromatic nitrogens is 1. The molecule has 9 heteroatoms. The van der Waals surface area contributed by atoms with E-state index in [1.807, 2.05) is 66.9 Å². The van der Waals surface area contributed by atoms with Gasteiger partial charge in [0.1, 0.15) is 0 Å². The first-order chi connectivity index (χ1) is 15.8. The van der Waals surface area contributed by atoms with Gasteiger partial charge in [0.05, 0.1) is 11.6 Å². The van der Waals surface area contributed by atoms with E-state index in [0.717, 1.165) is 16.3 Å². The smallest absolute Gasteiger partial charge is 0.0161 e. The Kier molecular flexibility index (Phi) is 10.6. The molecule has 0 saturated carbocycles. The van der Waals surface area contributed by atoms with Gasteiger partial charge in [-0.15, -0.1) is 45.3 Å². The third kappa shape index (κ3) is 8.65. The molecule has 0 fully saturated rings. The Bertz CT molecular complexity index is 1330. The average molecular weight is 658 g/mol. The van der Waals surface area contributed by atoms with Crippen LogP contribution in [-0.4, -0.2) is 4.98 Å². The van der Waals surface area contributed by atoms with Crippen molar-refractivity contribution < 1.29 is 46.9 Å². The number of hydrogen-bond acceptors (Lipinski definition) is 7. The fraction of sp³-hybridized carbons (Fsp3) is 0. The van der Waals surface area contributed by atoms with E-state index in [1.165, 1.54) is 16.2 Å². The van der Waals surface area contributed by atoms with Gasteiger partial charge in [-0.2, -0.15) is 5.26 Å². The van der Waals surface area contributed by atoms with Crippen LogP contribution in [0.2, 0.25) is 0 Å². The Labute approximate surface area is 207 Å². The van der Waals surface area contributed by atoms with E-state index in [-0.39, 0.29) is 0 Å². The van der Waals surface area contributed by atoms with Crippen molar-refractivity contribution in [3.63, 3.8) is 0 Å². The predicted molar refractivity (Wildman–Crippen MR) is 114 cm³/mol. The fourth-order valence-corrected chi connectivity index (χ4v) is 2.99. The standard InChI is InChI=1S/C13H8N.C11H7N.ClHO4.Pt.S/c1-2-6-12-10(4-1)7-8-11-5-3-9-14-13(11)12;12-8-9-5-6-10-3-1-2-4-11(10)7-9;2-1(3,4)5;;/h1-5,7-9H;1-7H;(H,2,3,4,5);;/q-1;;;;/p-1. The first kappa shape index (κ1) is 26.6. The number of rotatable bonds is 0. The number of pyridine rings is 1. The maximum Gasteiger partial charge on any atom is 0.0161 e. The van der Waals surface area contributed by atoms with Crippen LogP contribution in [0.25, 0.3) is 32.4 Å². The van der Waals surface area contributed by atoms with Crippen LogP contribution in [0.3, 0.4) is 0 Å². The van der Waals surface area contributed by atoms with Crippen molar-refractivity contribution in [3.05, 3.63) is 103 Å². The van der Waals surface area contributed by atoms with Gasteiger partial charge < -0.3 is 4.98 Å². The van der Waals surface area contributed by atoms with Crippen LogP contribution in [0.1, 0.15) is 5.56 Å². The largest absolute Gasteiger partial charge is 0.304 e. The summed E-state index contributed by atoms with van der Waals surface area (Å²) < 4.78 is 34.0. The third-order valence-electron chi connectivity index (χ3n) is 4.29. The van der Waals surface area contributed by atoms with E-state index in [1.54, 1.807) is 18.0 Å². The molecule has 0 amide bonds. The van der Waals surface area contributed by atoms with Crippen molar-refractivity contribution in [2.75, 3.05) is 0 Å². The topological polar surface area (TPSA) is 129 Å². The molecule has 0 N–H and O–H groups in total. The van der Waals surface area contributed by atoms with Gasteiger partial charge in [0, 0.05) is 6.20 Å². The maximum atomic E-state index is 8.65. The zero-order chi connectivity index (χ0) is 24.3. The van der Waals surface area contributed by atoms with Gasteiger partial charge in [0.2, 0.25) is 0 Å². The minimum Gasteiger partial charge on any atom is -0.304 e. The van der Waals surface area contributed by atoms with Crippen molar-refractivity contribution in [1.82, 2.24) is 4.98 Å². The summed E-state index contributed by atoms with van der Waals surface area (Å²) in [5.41, 5.74) is 1.75. The van der Waals surface area contributed by atoms with Crippen LogP contribution in [0, 0.1) is 27.6 Å². The van der Waals surface area contributed by atoms with E-state index in [9.17, 15) is 0 Å². The van der Waals surface area contributed by atoms with Crippen molar-refractivity contribution in [3.8, 4) is 6.07 Å². The average Bonchev–Trinajstić information content (AvgIpc) is 2.84. The van der Waals surface area contributed by atoms with Gasteiger partial charge in [-0.25, -0.2) is 18.6 Å². The number of nitriles is 1. The molecule has 0 atom stereocenters. The predicted octanol–water partition coefficient (Wildman–Crippen LogP) is 1.79. The number of hydrogen-bond donors (Lipinski definition) is 0. The molecule has 0 bridgehead atoms. The molecule has 1 aromatic heterocycles. The minimum atomic E-state index is -4.94. The molecule has 6 nitrogen and oxygen atoms in total. The Morgan fingerprint density at radius 3 is 2.06 bits per heavy atom. The molecule has 0 aliphatic rings. The first-order valence-corrected chi connectivity index (χ1v) is 13.4. The van der Waals surface area contributed by atoms with Crippen LogP contribution in [0.4, 0.5) is 0 Å². The van der Waals surface area contributed by atoms with Gasteiger partial charge in [0.15, 0.2) is 0 Å². The van der Waals surface area contributed by atoms with E-state index in [4.69, 9.17) is 23.9 Å². The van der Waals surface area contributed by atoms with E-state index < -0.39 is 10.2 Å². The molecule has 1 heterocycles. The van der Waals surface area contributed by atoms with E-state index in [0.29, 0.717) is 5.56 Å². The van der Waals surface area contributed by atoms with Crippen LogP contribution in [-0.2, 0) is 18.0 Å². The quantitative estimate of drug-likeness (QED) is 0.184. The zero-order valence-corrected chi connectivity index (χ0v) is 20.6. The Morgan fingerprint density at radius 2 is 1.36 bits per heavy atom. The summed E-state index contributed by atoms with van der Waals surface area (Å²) >= 11 is 1.72. The Morgan fingerprint density at radius 1 is 0.788 bits per heavy atom. The SMILES string of the molecule is N#Cc1ccc2ccccc2c1.[O-][Cl+3]([O-])([O-])[O-].[S]=[Pt].[c-]1cccc2ccc3cccnc3c12. The molecular weight excluding hydrogens is 643 g/mol. The summed E-state index contributed by atoms with van der Waals surface area (Å²) in [5, 5.41) is 14.4. The number of halogens is 1. The van der Waals surface area contributed by atoms with E-state index >= 15 is 0 Å². The molecule has 0 radical (unpaired) electrons. The van der Waals surface area contributed by atoms with Gasteiger partial charge in [-0.05, 0) is 39.9 Å². The summed E-state index contributed by atoms with van der Waals surface area (Å²) in [6.45, 7) is 0. The summed E-state index contributed by atoms with van der Waals surface area (Å²) in [4.78, 5) is 4.38. The second kappa shape index (κ2) is 13.1. The summed E-state index contributed by atoms with van der Waals surface area (Å²) in [6, 6.07) is 33.3. The number of benzene rings is 4. The Balaban J connectivity index is 0.000000185. The molecule has 0 aliphatic heterocycles. The van der Waals surface area contributed by atoms with Gasteiger partial charge >= 0.3 is 27.8 Å². The van der Waals surface area contributed by atoms with Crippen LogP contribution in [0.5, 0.6) is 0 Å². The second-order valence-electron chi connectivity index (χ2n) is 6.33. The van der Waals surface area contributed by atoms with E-state index in [2.05, 4.69) is 51.2 Å². The van der Waals surface area contributed by atoms with Crippen LogP contribution >= 0.6 is 9.82 Å². The maximum absolute atomic E-state index is 8.65. The summed E-state index contributed by atoms with van der Waals surface area (Å²) in [7, 11) is -0.889. The van der Waals surface area contributed by atoms with Crippen LogP contribution < -0.4 is 18.6 Å². The van der Waals surface area contributed by atoms with Gasteiger partial charge in [-0.3, -0.25) is 0 Å². The summed E-state index contributed by atoms with van der Waals surface area (Å²) in [5.74, 6) is 0. The molecule has 0 saturated heterocycles.